The number of thiophene rings is 1. The maximum atomic E-state index is 14.3. The summed E-state index contributed by atoms with van der Waals surface area (Å²) in [5, 5.41) is 21.9. The predicted octanol–water partition coefficient (Wildman–Crippen LogP) is 9.18. The molecule has 0 aliphatic heterocycles. The zero-order chi connectivity index (χ0) is 33.4. The Morgan fingerprint density at radius 2 is 1.34 bits per heavy atom. The summed E-state index contributed by atoms with van der Waals surface area (Å²) in [6, 6.07) is 9.25. The van der Waals surface area contributed by atoms with Crippen molar-refractivity contribution in [3.8, 4) is 23.5 Å². The molecule has 13 heteroatoms. The molecule has 0 saturated heterocycles. The van der Waals surface area contributed by atoms with Gasteiger partial charge in [0.2, 0.25) is 12.4 Å². The number of fused-ring (bicyclic) bond motifs is 7. The molecule has 6 aromatic rings. The fraction of sp³-hybridized carbons (Fsp3) is 0.118. The Balaban J connectivity index is 1.45. The second kappa shape index (κ2) is 10.6. The number of halogens is 8. The Morgan fingerprint density at radius 1 is 0.702 bits per heavy atom. The Kier molecular flexibility index (Phi) is 6.81. The van der Waals surface area contributed by atoms with E-state index >= 15 is 0 Å². The van der Waals surface area contributed by atoms with Gasteiger partial charge in [0.15, 0.2) is 0 Å². The van der Waals surface area contributed by atoms with Crippen molar-refractivity contribution in [1.82, 2.24) is 0 Å². The van der Waals surface area contributed by atoms with Crippen molar-refractivity contribution in [3.05, 3.63) is 111 Å². The zero-order valence-corrected chi connectivity index (χ0v) is 24.2. The van der Waals surface area contributed by atoms with Gasteiger partial charge < -0.3 is 0 Å². The van der Waals surface area contributed by atoms with Gasteiger partial charge in [-0.2, -0.15) is 46.9 Å². The number of hydrogen-bond donors (Lipinski definition) is 0. The van der Waals surface area contributed by atoms with Crippen molar-refractivity contribution in [2.45, 2.75) is 24.7 Å². The zero-order valence-electron chi connectivity index (χ0n) is 23.4. The minimum atomic E-state index is -4.78. The Bertz CT molecular complexity index is 2530. The van der Waals surface area contributed by atoms with Gasteiger partial charge in [-0.1, -0.05) is 24.3 Å². The molecule has 0 spiro atoms. The normalized spacial score (nSPS) is 15.9. The lowest BCUT2D eigenvalue weighted by Gasteiger charge is -2.19. The van der Waals surface area contributed by atoms with Crippen molar-refractivity contribution >= 4 is 48.4 Å². The summed E-state index contributed by atoms with van der Waals surface area (Å²) in [5.41, 5.74) is -0.737. The van der Waals surface area contributed by atoms with Crippen LogP contribution in [0.3, 0.4) is 0 Å². The van der Waals surface area contributed by atoms with E-state index in [0.29, 0.717) is 59.6 Å². The molecule has 5 aromatic carbocycles. The molecular weight excluding hydrogens is 648 g/mol. The third-order valence-corrected chi connectivity index (χ3v) is 9.44. The number of hydrogen-bond acceptors (Lipinski definition) is 5. The smallest absolute Gasteiger partial charge is 0.207 e. The lowest BCUT2D eigenvalue weighted by Crippen LogP contribution is -2.14. The van der Waals surface area contributed by atoms with E-state index in [1.807, 2.05) is 0 Å². The molecule has 1 aliphatic carbocycles. The molecule has 47 heavy (non-hydrogen) atoms. The summed E-state index contributed by atoms with van der Waals surface area (Å²) in [6.45, 7) is 0. The Hall–Kier alpha value is -5.40. The minimum Gasteiger partial charge on any atom is -0.207 e. The SMILES string of the molecule is N#C/N=c1/c2c(c3c1sc1/c(=N/C#N)c4cc(-c5cc(F)cc(C(F)(F)F)c5)ccc4c13)C=CC(c1cc(F)cc(C(F)(F)F)c1)C2. The summed E-state index contributed by atoms with van der Waals surface area (Å²) in [7, 11) is 0. The van der Waals surface area contributed by atoms with Gasteiger partial charge in [0.25, 0.3) is 0 Å². The summed E-state index contributed by atoms with van der Waals surface area (Å²) in [6.07, 6.45) is -2.53. The molecule has 0 saturated carbocycles. The average molecular weight is 663 g/mol. The Morgan fingerprint density at radius 3 is 2.02 bits per heavy atom. The van der Waals surface area contributed by atoms with Crippen LogP contribution in [0.25, 0.3) is 48.1 Å². The largest absolute Gasteiger partial charge is 0.416 e. The summed E-state index contributed by atoms with van der Waals surface area (Å²) < 4.78 is 110. The number of allylic oxidation sites excluding steroid dienone is 1. The number of alkyl halides is 6. The highest BCUT2D eigenvalue weighted by atomic mass is 32.1. The molecule has 0 N–H and O–H groups in total. The molecule has 232 valence electrons. The molecule has 1 unspecified atom stereocenters. The molecular formula is C34H14F8N4S. The van der Waals surface area contributed by atoms with E-state index in [1.165, 1.54) is 23.5 Å². The van der Waals surface area contributed by atoms with E-state index in [0.717, 1.165) is 24.3 Å². The third kappa shape index (κ3) is 4.95. The van der Waals surface area contributed by atoms with Gasteiger partial charge in [0.1, 0.15) is 17.0 Å². The third-order valence-electron chi connectivity index (χ3n) is 8.24. The molecule has 1 aromatic heterocycles. The quantitative estimate of drug-likeness (QED) is 0.137. The second-order valence-corrected chi connectivity index (χ2v) is 12.0. The summed E-state index contributed by atoms with van der Waals surface area (Å²) in [4.78, 5) is 8.04. The van der Waals surface area contributed by atoms with E-state index in [4.69, 9.17) is 0 Å². The van der Waals surface area contributed by atoms with Gasteiger partial charge >= 0.3 is 12.4 Å². The number of nitriles is 2. The van der Waals surface area contributed by atoms with Crippen LogP contribution in [-0.4, -0.2) is 0 Å². The topological polar surface area (TPSA) is 72.3 Å². The average Bonchev–Trinajstić information content (AvgIpc) is 3.62. The van der Waals surface area contributed by atoms with Gasteiger partial charge in [-0.3, -0.25) is 0 Å². The van der Waals surface area contributed by atoms with Crippen LogP contribution < -0.4 is 10.7 Å². The molecule has 1 atom stereocenters. The van der Waals surface area contributed by atoms with Crippen molar-refractivity contribution in [1.29, 1.82) is 10.5 Å². The lowest BCUT2D eigenvalue weighted by atomic mass is 9.85. The molecule has 7 rings (SSSR count). The summed E-state index contributed by atoms with van der Waals surface area (Å²) in [5.74, 6) is -2.77. The lowest BCUT2D eigenvalue weighted by molar-refractivity contribution is -0.138. The first kappa shape index (κ1) is 30.3. The van der Waals surface area contributed by atoms with Crippen molar-refractivity contribution in [2.75, 3.05) is 0 Å². The first-order chi connectivity index (χ1) is 22.3. The monoisotopic (exact) mass is 662 g/mol. The van der Waals surface area contributed by atoms with Crippen LogP contribution in [0.15, 0.2) is 70.7 Å². The van der Waals surface area contributed by atoms with Crippen LogP contribution in [-0.2, 0) is 18.8 Å². The van der Waals surface area contributed by atoms with E-state index in [-0.39, 0.29) is 28.5 Å². The molecule has 0 amide bonds. The highest BCUT2D eigenvalue weighted by Gasteiger charge is 2.34. The number of benzene rings is 3. The van der Waals surface area contributed by atoms with Crippen molar-refractivity contribution < 1.29 is 35.1 Å². The van der Waals surface area contributed by atoms with Crippen molar-refractivity contribution in [2.24, 2.45) is 9.98 Å². The summed E-state index contributed by atoms with van der Waals surface area (Å²) >= 11 is 1.19. The highest BCUT2D eigenvalue weighted by Crippen LogP contribution is 2.44. The van der Waals surface area contributed by atoms with E-state index in [9.17, 15) is 45.6 Å². The van der Waals surface area contributed by atoms with Gasteiger partial charge in [-0.25, -0.2) is 8.78 Å². The Labute approximate surface area is 262 Å². The minimum absolute atomic E-state index is 0.0300. The van der Waals surface area contributed by atoms with Crippen LogP contribution >= 0.6 is 11.3 Å². The maximum Gasteiger partial charge on any atom is 0.416 e. The van der Waals surface area contributed by atoms with Gasteiger partial charge in [-0.15, -0.1) is 11.3 Å². The fourth-order valence-corrected chi connectivity index (χ4v) is 7.66. The standard InChI is InChI=1S/C34H14F8N4S/c35-21-7-17(5-19(11-21)33(37,38)39)15-1-3-23-25(9-15)29(45-13-43)31-27(23)28-24-4-2-16(10-26(24)30(46-14-44)32(28)47-31)18-6-20(34(40,41)42)12-22(36)8-18/h1-9,11-12,16H,10H2/b45-29+,46-30-. The molecule has 0 bridgehead atoms. The van der Waals surface area contributed by atoms with Crippen LogP contribution in [0.4, 0.5) is 35.1 Å². The molecule has 1 heterocycles. The van der Waals surface area contributed by atoms with E-state index < -0.39 is 41.0 Å². The van der Waals surface area contributed by atoms with Gasteiger partial charge in [0, 0.05) is 22.1 Å². The van der Waals surface area contributed by atoms with Crippen LogP contribution in [0.2, 0.25) is 0 Å². The maximum absolute atomic E-state index is 14.3. The van der Waals surface area contributed by atoms with Crippen LogP contribution in [0.5, 0.6) is 0 Å². The molecule has 0 radical (unpaired) electrons. The van der Waals surface area contributed by atoms with E-state index in [2.05, 4.69) is 9.98 Å². The fourth-order valence-electron chi connectivity index (χ4n) is 6.31. The molecule has 0 fully saturated rings. The first-order valence-corrected chi connectivity index (χ1v) is 14.5. The van der Waals surface area contributed by atoms with Gasteiger partial charge in [0.05, 0.1) is 25.9 Å². The van der Waals surface area contributed by atoms with Crippen LogP contribution in [0.1, 0.15) is 33.7 Å². The van der Waals surface area contributed by atoms with Crippen LogP contribution in [0, 0.1) is 34.5 Å². The van der Waals surface area contributed by atoms with E-state index in [1.54, 1.807) is 30.6 Å². The predicted molar refractivity (Wildman–Crippen MR) is 159 cm³/mol. The second-order valence-electron chi connectivity index (χ2n) is 11.0. The van der Waals surface area contributed by atoms with Crippen molar-refractivity contribution in [3.63, 3.8) is 0 Å². The number of rotatable bonds is 2. The van der Waals surface area contributed by atoms with Gasteiger partial charge in [-0.05, 0) is 82.1 Å². The highest BCUT2D eigenvalue weighted by molar-refractivity contribution is 7.26. The molecule has 1 aliphatic rings. The first-order valence-electron chi connectivity index (χ1n) is 13.7. The molecule has 4 nitrogen and oxygen atoms in total. The number of nitrogens with zero attached hydrogens (tertiary/aromatic N) is 4.